The summed E-state index contributed by atoms with van der Waals surface area (Å²) in [6.07, 6.45) is 8.17. The number of nitrogens with one attached hydrogen (secondary N) is 4. The number of aromatic amines is 1. The van der Waals surface area contributed by atoms with Crippen LogP contribution in [0.15, 0.2) is 61.3 Å². The smallest absolute Gasteiger partial charge is 0.354 e. The summed E-state index contributed by atoms with van der Waals surface area (Å²) < 4.78 is 11.1. The fourth-order valence-electron chi connectivity index (χ4n) is 4.96. The van der Waals surface area contributed by atoms with Crippen LogP contribution in [0, 0.1) is 0 Å². The highest BCUT2D eigenvalue weighted by Crippen LogP contribution is 2.22. The fraction of sp³-hybridized carbons (Fsp3) is 0.167. The third-order valence-electron chi connectivity index (χ3n) is 7.25. The number of benzene rings is 1. The van der Waals surface area contributed by atoms with Crippen LogP contribution in [-0.2, 0) is 32.9 Å². The van der Waals surface area contributed by atoms with Crippen molar-refractivity contribution in [2.75, 3.05) is 23.1 Å². The molecule has 3 amide bonds. The van der Waals surface area contributed by atoms with Gasteiger partial charge in [0.15, 0.2) is 17.5 Å². The number of aryl methyl sites for hydroxylation is 4. The molecule has 0 aliphatic rings. The summed E-state index contributed by atoms with van der Waals surface area (Å²) in [6, 6.07) is 8.13. The summed E-state index contributed by atoms with van der Waals surface area (Å²) in [6.45, 7) is 0. The molecular weight excluding hydrogens is 594 g/mol. The SMILES string of the molecule is COC(=O)c1cc(NC(=O)c2nc(NC(=O)c3cc(NC(=O)c4ccc5nc(-c6nccn6C)[nH]c5c4)cn3C)cn2C)cn1C. The number of H-pyrrole nitrogens is 1. The molecule has 0 atom stereocenters. The zero-order chi connectivity index (χ0) is 32.7. The standard InChI is InChI=1S/C30H29N11O5/c1-38-9-8-31-25(38)24-34-19-7-6-16(10-20(19)35-24)27(42)32-17-11-21(39(2)13-17)28(43)37-23-15-41(4)26(36-23)29(44)33-18-12-22(30(45)46-5)40(3)14-18/h6-15H,1-5H3,(H,32,42)(H,33,44)(H,34,35)(H,37,43). The number of aromatic nitrogens is 8. The Kier molecular flexibility index (Phi) is 7.45. The molecule has 16 nitrogen and oxygen atoms in total. The van der Waals surface area contributed by atoms with E-state index < -0.39 is 17.8 Å². The molecule has 0 unspecified atom stereocenters. The van der Waals surface area contributed by atoms with E-state index in [2.05, 4.69) is 35.9 Å². The van der Waals surface area contributed by atoms with Crippen LogP contribution in [0.3, 0.4) is 0 Å². The minimum atomic E-state index is -0.546. The normalized spacial score (nSPS) is 11.1. The van der Waals surface area contributed by atoms with Crippen molar-refractivity contribution in [3.63, 3.8) is 0 Å². The van der Waals surface area contributed by atoms with E-state index in [1.807, 2.05) is 17.8 Å². The molecule has 0 aliphatic carbocycles. The highest BCUT2D eigenvalue weighted by Gasteiger charge is 2.20. The molecular formula is C30H29N11O5. The van der Waals surface area contributed by atoms with Crippen molar-refractivity contribution in [2.24, 2.45) is 28.2 Å². The molecule has 1 aromatic carbocycles. The van der Waals surface area contributed by atoms with Crippen LogP contribution in [0.5, 0.6) is 0 Å². The molecule has 0 spiro atoms. The molecule has 5 heterocycles. The number of amides is 3. The Hall–Kier alpha value is -6.45. The summed E-state index contributed by atoms with van der Waals surface area (Å²) in [5.74, 6) is -0.528. The quantitative estimate of drug-likeness (QED) is 0.186. The number of hydrogen-bond donors (Lipinski definition) is 4. The van der Waals surface area contributed by atoms with E-state index in [0.717, 1.165) is 0 Å². The average molecular weight is 624 g/mol. The van der Waals surface area contributed by atoms with E-state index in [1.54, 1.807) is 62.5 Å². The van der Waals surface area contributed by atoms with Crippen molar-refractivity contribution in [3.05, 3.63) is 84.1 Å². The van der Waals surface area contributed by atoms with Gasteiger partial charge in [-0.3, -0.25) is 14.4 Å². The zero-order valence-corrected chi connectivity index (χ0v) is 25.4. The molecule has 4 N–H and O–H groups in total. The minimum absolute atomic E-state index is 0.0277. The van der Waals surface area contributed by atoms with E-state index in [4.69, 9.17) is 4.74 Å². The molecule has 0 fully saturated rings. The lowest BCUT2D eigenvalue weighted by atomic mass is 10.2. The number of imidazole rings is 3. The Morgan fingerprint density at radius 2 is 1.46 bits per heavy atom. The maximum atomic E-state index is 13.1. The first kappa shape index (κ1) is 29.6. The Balaban J connectivity index is 1.12. The monoisotopic (exact) mass is 623 g/mol. The number of anilines is 3. The highest BCUT2D eigenvalue weighted by atomic mass is 16.5. The molecule has 0 radical (unpaired) electrons. The van der Waals surface area contributed by atoms with Crippen molar-refractivity contribution in [1.82, 2.24) is 38.2 Å². The first-order chi connectivity index (χ1) is 22.0. The molecule has 0 saturated carbocycles. The Morgan fingerprint density at radius 3 is 2.15 bits per heavy atom. The van der Waals surface area contributed by atoms with Crippen LogP contribution in [0.25, 0.3) is 22.7 Å². The lowest BCUT2D eigenvalue weighted by molar-refractivity contribution is 0.0589. The maximum Gasteiger partial charge on any atom is 0.354 e. The van der Waals surface area contributed by atoms with Gasteiger partial charge in [-0.05, 0) is 30.3 Å². The third-order valence-corrected chi connectivity index (χ3v) is 7.25. The van der Waals surface area contributed by atoms with Gasteiger partial charge >= 0.3 is 5.97 Å². The van der Waals surface area contributed by atoms with Crippen LogP contribution in [0.2, 0.25) is 0 Å². The Bertz CT molecular complexity index is 2160. The van der Waals surface area contributed by atoms with Gasteiger partial charge in [-0.1, -0.05) is 0 Å². The maximum absolute atomic E-state index is 13.1. The van der Waals surface area contributed by atoms with Crippen LogP contribution in [-0.4, -0.2) is 69.0 Å². The number of carbonyl (C=O) groups excluding carboxylic acids is 4. The number of rotatable bonds is 8. The average Bonchev–Trinajstić information content (AvgIpc) is 3.84. The van der Waals surface area contributed by atoms with Gasteiger partial charge in [0.2, 0.25) is 5.82 Å². The van der Waals surface area contributed by atoms with Crippen molar-refractivity contribution >= 4 is 51.9 Å². The fourth-order valence-corrected chi connectivity index (χ4v) is 4.96. The van der Waals surface area contributed by atoms with Gasteiger partial charge in [-0.2, -0.15) is 0 Å². The summed E-state index contributed by atoms with van der Waals surface area (Å²) in [5.41, 5.74) is 3.06. The molecule has 0 saturated heterocycles. The van der Waals surface area contributed by atoms with E-state index in [9.17, 15) is 19.2 Å². The van der Waals surface area contributed by atoms with Crippen LogP contribution < -0.4 is 16.0 Å². The van der Waals surface area contributed by atoms with Crippen molar-refractivity contribution in [1.29, 1.82) is 0 Å². The highest BCUT2D eigenvalue weighted by molar-refractivity contribution is 6.08. The van der Waals surface area contributed by atoms with E-state index in [0.29, 0.717) is 39.6 Å². The number of nitrogens with zero attached hydrogens (tertiary/aromatic N) is 7. The number of ether oxygens (including phenoxy) is 1. The Morgan fingerprint density at radius 1 is 0.761 bits per heavy atom. The van der Waals surface area contributed by atoms with Crippen molar-refractivity contribution in [2.45, 2.75) is 0 Å². The molecule has 234 valence electrons. The number of hydrogen-bond acceptors (Lipinski definition) is 8. The summed E-state index contributed by atoms with van der Waals surface area (Å²) in [4.78, 5) is 67.3. The second-order valence-electron chi connectivity index (χ2n) is 10.5. The van der Waals surface area contributed by atoms with E-state index in [-0.39, 0.29) is 28.9 Å². The number of carbonyl (C=O) groups is 4. The lowest BCUT2D eigenvalue weighted by Gasteiger charge is -2.03. The van der Waals surface area contributed by atoms with Crippen molar-refractivity contribution < 1.29 is 23.9 Å². The largest absolute Gasteiger partial charge is 0.464 e. The third kappa shape index (κ3) is 5.61. The molecule has 46 heavy (non-hydrogen) atoms. The van der Waals surface area contributed by atoms with Crippen molar-refractivity contribution in [3.8, 4) is 11.6 Å². The van der Waals surface area contributed by atoms with Crippen LogP contribution >= 0.6 is 0 Å². The second kappa shape index (κ2) is 11.6. The van der Waals surface area contributed by atoms with Gasteiger partial charge in [0, 0.05) is 64.7 Å². The van der Waals surface area contributed by atoms with Gasteiger partial charge in [0.05, 0.1) is 29.5 Å². The molecule has 16 heteroatoms. The lowest BCUT2D eigenvalue weighted by Crippen LogP contribution is -2.17. The predicted octanol–water partition coefficient (Wildman–Crippen LogP) is 2.92. The predicted molar refractivity (Wildman–Crippen MR) is 168 cm³/mol. The van der Waals surface area contributed by atoms with Gasteiger partial charge in [0.25, 0.3) is 17.7 Å². The first-order valence-electron chi connectivity index (χ1n) is 13.9. The van der Waals surface area contributed by atoms with Gasteiger partial charge in [0.1, 0.15) is 11.4 Å². The second-order valence-corrected chi connectivity index (χ2v) is 10.5. The van der Waals surface area contributed by atoms with Gasteiger partial charge in [-0.25, -0.2) is 19.7 Å². The number of methoxy groups -OCH3 is 1. The van der Waals surface area contributed by atoms with Gasteiger partial charge in [-0.15, -0.1) is 0 Å². The van der Waals surface area contributed by atoms with E-state index in [1.165, 1.54) is 34.6 Å². The summed E-state index contributed by atoms with van der Waals surface area (Å²) in [7, 11) is 8.06. The molecule has 0 aliphatic heterocycles. The first-order valence-corrected chi connectivity index (χ1v) is 13.9. The number of esters is 1. The summed E-state index contributed by atoms with van der Waals surface area (Å²) >= 11 is 0. The number of fused-ring (bicyclic) bond motifs is 1. The van der Waals surface area contributed by atoms with Crippen LogP contribution in [0.4, 0.5) is 17.2 Å². The van der Waals surface area contributed by atoms with Crippen LogP contribution in [0.1, 0.15) is 42.0 Å². The molecule has 6 rings (SSSR count). The molecule has 0 bridgehead atoms. The van der Waals surface area contributed by atoms with Gasteiger partial charge < -0.3 is 43.9 Å². The topological polar surface area (TPSA) is 188 Å². The molecule has 5 aromatic heterocycles. The zero-order valence-electron chi connectivity index (χ0n) is 25.4. The molecule has 6 aromatic rings. The van der Waals surface area contributed by atoms with E-state index >= 15 is 0 Å². The summed E-state index contributed by atoms with van der Waals surface area (Å²) in [5, 5.41) is 8.19. The Labute approximate surface area is 261 Å². The minimum Gasteiger partial charge on any atom is -0.464 e.